The maximum Gasteiger partial charge on any atom is 0.271 e. The Labute approximate surface area is 250 Å². The molecule has 0 saturated heterocycles. The van der Waals surface area contributed by atoms with Gasteiger partial charge < -0.3 is 33.9 Å². The van der Waals surface area contributed by atoms with Gasteiger partial charge in [-0.05, 0) is 94.6 Å². The number of oxazole rings is 2. The van der Waals surface area contributed by atoms with E-state index in [0.717, 1.165) is 27.8 Å². The molecule has 0 amide bonds. The van der Waals surface area contributed by atoms with E-state index in [0.29, 0.717) is 30.3 Å². The quantitative estimate of drug-likeness (QED) is 0.108. The van der Waals surface area contributed by atoms with Gasteiger partial charge in [0, 0.05) is 35.8 Å². The molecule has 0 radical (unpaired) electrons. The number of halogens is 1. The molecule has 0 spiro atoms. The van der Waals surface area contributed by atoms with Gasteiger partial charge >= 0.3 is 0 Å². The molecule has 5 rings (SSSR count). The predicted molar refractivity (Wildman–Crippen MR) is 168 cm³/mol. The van der Waals surface area contributed by atoms with Gasteiger partial charge in [0.1, 0.15) is 16.8 Å². The number of nitrogens with two attached hydrogens (primary N) is 1. The molecule has 41 heavy (non-hydrogen) atoms. The molecule has 2 aromatic heterocycles. The lowest BCUT2D eigenvalue weighted by Crippen LogP contribution is -2.20. The summed E-state index contributed by atoms with van der Waals surface area (Å²) in [4.78, 5) is 8.68. The minimum absolute atomic E-state index is 0. The van der Waals surface area contributed by atoms with Crippen molar-refractivity contribution in [2.75, 3.05) is 25.6 Å². The average molecular weight is 633 g/mol. The molecular weight excluding hydrogens is 590 g/mol. The lowest BCUT2D eigenvalue weighted by molar-refractivity contribution is -0.282. The summed E-state index contributed by atoms with van der Waals surface area (Å²) < 4.78 is 25.5. The highest BCUT2D eigenvalue weighted by molar-refractivity contribution is 9.10. The van der Waals surface area contributed by atoms with Crippen LogP contribution in [-0.4, -0.2) is 41.4 Å². The van der Waals surface area contributed by atoms with Crippen molar-refractivity contribution in [2.24, 2.45) is 0 Å². The number of anilines is 1. The molecule has 0 fully saturated rings. The number of phenols is 1. The fourth-order valence-corrected chi connectivity index (χ4v) is 3.57. The zero-order valence-corrected chi connectivity index (χ0v) is 25.4. The highest BCUT2D eigenvalue weighted by Crippen LogP contribution is 2.20. The number of nitrogens with zero attached hydrogens (tertiary/aromatic N) is 2. The molecule has 0 aliphatic heterocycles. The first-order valence-electron chi connectivity index (χ1n) is 12.9. The molecule has 9 nitrogen and oxygen atoms in total. The Bertz CT molecular complexity index is 1420. The van der Waals surface area contributed by atoms with Gasteiger partial charge in [0.2, 0.25) is 0 Å². The molecule has 0 aliphatic carbocycles. The number of nitrogen functional groups attached to an aromatic ring is 1. The summed E-state index contributed by atoms with van der Waals surface area (Å²) in [5, 5.41) is 8.92. The first kappa shape index (κ1) is 35.6. The van der Waals surface area contributed by atoms with Crippen LogP contribution in [0.5, 0.6) is 5.75 Å². The zero-order valence-electron chi connectivity index (χ0n) is 23.8. The van der Waals surface area contributed by atoms with Crippen LogP contribution < -0.4 is 5.73 Å². The first-order chi connectivity index (χ1) is 19.2. The van der Waals surface area contributed by atoms with E-state index in [4.69, 9.17) is 33.9 Å². The van der Waals surface area contributed by atoms with Crippen molar-refractivity contribution in [1.29, 1.82) is 0 Å². The van der Waals surface area contributed by atoms with Crippen molar-refractivity contribution in [3.8, 4) is 5.75 Å². The Kier molecular flexibility index (Phi) is 16.3. The van der Waals surface area contributed by atoms with Crippen LogP contribution in [-0.2, 0) is 14.2 Å². The summed E-state index contributed by atoms with van der Waals surface area (Å²) in [5.74, 6) is 0.153. The smallest absolute Gasteiger partial charge is 0.271 e. The number of aromatic nitrogens is 2. The monoisotopic (exact) mass is 631 g/mol. The van der Waals surface area contributed by atoms with Crippen molar-refractivity contribution < 1.29 is 28.2 Å². The number of aromatic hydroxyl groups is 1. The van der Waals surface area contributed by atoms with E-state index < -0.39 is 6.48 Å². The lowest BCUT2D eigenvalue weighted by Gasteiger charge is -2.15. The van der Waals surface area contributed by atoms with E-state index in [1.807, 2.05) is 84.0 Å². The Morgan fingerprint density at radius 1 is 0.805 bits per heavy atom. The highest BCUT2D eigenvalue weighted by Gasteiger charge is 2.04. The van der Waals surface area contributed by atoms with Gasteiger partial charge in [0.05, 0.1) is 5.69 Å². The van der Waals surface area contributed by atoms with Crippen LogP contribution in [0.15, 0.2) is 74.6 Å². The summed E-state index contributed by atoms with van der Waals surface area (Å²) in [5.41, 5.74) is 12.8. The molecule has 3 aromatic carbocycles. The van der Waals surface area contributed by atoms with Gasteiger partial charge in [0.15, 0.2) is 17.6 Å². The summed E-state index contributed by atoms with van der Waals surface area (Å²) in [6, 6.07) is 17.0. The Hall–Kier alpha value is -3.44. The summed E-state index contributed by atoms with van der Waals surface area (Å²) >= 11 is 3.17. The topological polar surface area (TPSA) is 126 Å². The van der Waals surface area contributed by atoms with Crippen LogP contribution >= 0.6 is 15.9 Å². The van der Waals surface area contributed by atoms with E-state index in [-0.39, 0.29) is 13.2 Å². The normalized spacial score (nSPS) is 10.1. The summed E-state index contributed by atoms with van der Waals surface area (Å²) in [7, 11) is 0. The van der Waals surface area contributed by atoms with Crippen LogP contribution in [0.2, 0.25) is 0 Å². The van der Waals surface area contributed by atoms with Crippen LogP contribution in [0.4, 0.5) is 5.69 Å². The second-order valence-corrected chi connectivity index (χ2v) is 9.16. The molecule has 10 heteroatoms. The van der Waals surface area contributed by atoms with Crippen LogP contribution in [0.25, 0.3) is 22.2 Å². The fraction of sp³-hybridized carbons (Fsp3) is 0.355. The average Bonchev–Trinajstić information content (AvgIpc) is 3.53. The van der Waals surface area contributed by atoms with Crippen LogP contribution in [0, 0.1) is 20.8 Å². The highest BCUT2D eigenvalue weighted by atomic mass is 79.9. The third-order valence-electron chi connectivity index (χ3n) is 5.09. The van der Waals surface area contributed by atoms with E-state index in [2.05, 4.69) is 25.9 Å². The maximum atomic E-state index is 8.92. The SMILES string of the molecule is C.CCOC(OCC)OCC.Cc1ccc(O)c(N)c1.Cc1ccc2oc(Br)nc2c1.Cc1ccc2ocnc2c1. The van der Waals surface area contributed by atoms with Crippen molar-refractivity contribution >= 4 is 43.8 Å². The van der Waals surface area contributed by atoms with Gasteiger partial charge in [-0.15, -0.1) is 0 Å². The van der Waals surface area contributed by atoms with Crippen molar-refractivity contribution in [3.63, 3.8) is 0 Å². The number of aryl methyl sites for hydroxylation is 3. The third kappa shape index (κ3) is 12.7. The number of phenolic OH excluding ortho intramolecular Hbond substituents is 1. The van der Waals surface area contributed by atoms with E-state index in [1.165, 1.54) is 17.5 Å². The number of hydrogen-bond acceptors (Lipinski definition) is 9. The number of benzene rings is 3. The Morgan fingerprint density at radius 2 is 1.32 bits per heavy atom. The number of fused-ring (bicyclic) bond motifs is 2. The third-order valence-corrected chi connectivity index (χ3v) is 5.43. The molecule has 0 unspecified atom stereocenters. The number of hydrogen-bond donors (Lipinski definition) is 2. The minimum Gasteiger partial charge on any atom is -0.506 e. The first-order valence-corrected chi connectivity index (χ1v) is 13.7. The lowest BCUT2D eigenvalue weighted by atomic mass is 10.2. The molecule has 5 aromatic rings. The minimum atomic E-state index is -0.472. The number of rotatable bonds is 6. The van der Waals surface area contributed by atoms with E-state index >= 15 is 0 Å². The second kappa shape index (κ2) is 18.8. The van der Waals surface area contributed by atoms with Crippen molar-refractivity contribution in [2.45, 2.75) is 55.4 Å². The Balaban J connectivity index is 0.000000272. The molecular formula is C31H42BrN3O6. The molecule has 0 bridgehead atoms. The molecule has 3 N–H and O–H groups in total. The molecule has 0 atom stereocenters. The molecule has 0 aliphatic rings. The van der Waals surface area contributed by atoms with Gasteiger partial charge in [-0.3, -0.25) is 0 Å². The van der Waals surface area contributed by atoms with Crippen molar-refractivity contribution in [3.05, 3.63) is 82.5 Å². The second-order valence-electron chi connectivity index (χ2n) is 8.48. The van der Waals surface area contributed by atoms with E-state index in [9.17, 15) is 0 Å². The fourth-order valence-electron chi connectivity index (χ4n) is 3.20. The largest absolute Gasteiger partial charge is 0.506 e. The Morgan fingerprint density at radius 3 is 1.85 bits per heavy atom. The van der Waals surface area contributed by atoms with Gasteiger partial charge in [0.25, 0.3) is 11.3 Å². The van der Waals surface area contributed by atoms with Gasteiger partial charge in [-0.25, -0.2) is 9.97 Å². The maximum absolute atomic E-state index is 8.92. The van der Waals surface area contributed by atoms with Crippen LogP contribution in [0.3, 0.4) is 0 Å². The van der Waals surface area contributed by atoms with E-state index in [1.54, 1.807) is 12.1 Å². The molecule has 224 valence electrons. The van der Waals surface area contributed by atoms with Gasteiger partial charge in [-0.1, -0.05) is 25.6 Å². The molecule has 0 saturated carbocycles. The predicted octanol–water partition coefficient (Wildman–Crippen LogP) is 8.33. The van der Waals surface area contributed by atoms with Gasteiger partial charge in [-0.2, -0.15) is 0 Å². The van der Waals surface area contributed by atoms with Crippen molar-refractivity contribution in [1.82, 2.24) is 9.97 Å². The van der Waals surface area contributed by atoms with Crippen LogP contribution in [0.1, 0.15) is 44.9 Å². The standard InChI is InChI=1S/C8H6BrNO.C8H7NO.C7H9NO.C7H16O3.CH4/c1-5-2-3-7-6(4-5)10-8(9)11-7;1-6-2-3-8-7(4-6)9-5-10-8;1-5-2-3-7(9)6(8)4-5;1-4-8-7(9-5-2)10-6-3;/h2-4H,1H3;2-5H,1H3;2-4,9H,8H2,1H3;7H,4-6H2,1-3H3;1H4. The number of ether oxygens (including phenoxy) is 3. The summed E-state index contributed by atoms with van der Waals surface area (Å²) in [6.07, 6.45) is 1.46. The summed E-state index contributed by atoms with van der Waals surface area (Å²) in [6.45, 7) is 13.1. The zero-order chi connectivity index (χ0) is 29.5. The molecule has 2 heterocycles.